The van der Waals surface area contributed by atoms with Gasteiger partial charge in [0, 0.05) is 0 Å². The van der Waals surface area contributed by atoms with E-state index in [9.17, 15) is 10.2 Å². The molecule has 0 amide bonds. The van der Waals surface area contributed by atoms with E-state index in [0.29, 0.717) is 16.4 Å². The predicted molar refractivity (Wildman–Crippen MR) is 52.9 cm³/mol. The summed E-state index contributed by atoms with van der Waals surface area (Å²) in [5.41, 5.74) is 1.63. The Hall–Kier alpha value is -1.10. The molecule has 0 unspecified atom stereocenters. The highest BCUT2D eigenvalue weighted by Gasteiger charge is 2.21. The van der Waals surface area contributed by atoms with Crippen LogP contribution in [0.2, 0.25) is 5.15 Å². The molecule has 0 aliphatic heterocycles. The molecule has 0 aromatic carbocycles. The first kappa shape index (κ1) is 9.45. The highest BCUT2D eigenvalue weighted by Crippen LogP contribution is 2.22. The van der Waals surface area contributed by atoms with Crippen LogP contribution in [0.5, 0.6) is 0 Å². The van der Waals surface area contributed by atoms with Crippen molar-refractivity contribution in [2.75, 3.05) is 0 Å². The molecule has 2 rings (SSSR count). The van der Waals surface area contributed by atoms with Crippen LogP contribution in [0.1, 0.15) is 12.6 Å². The van der Waals surface area contributed by atoms with E-state index in [0.717, 1.165) is 5.52 Å². The van der Waals surface area contributed by atoms with E-state index in [1.54, 1.807) is 18.2 Å². The highest BCUT2D eigenvalue weighted by molar-refractivity contribution is 6.29. The van der Waals surface area contributed by atoms with Gasteiger partial charge in [-0.1, -0.05) is 11.6 Å². The third-order valence-corrected chi connectivity index (χ3v) is 2.16. The van der Waals surface area contributed by atoms with Crippen LogP contribution >= 0.6 is 11.6 Å². The Labute approximate surface area is 85.2 Å². The molecule has 0 aliphatic rings. The zero-order valence-electron chi connectivity index (χ0n) is 7.45. The first-order chi connectivity index (χ1) is 6.47. The van der Waals surface area contributed by atoms with E-state index in [4.69, 9.17) is 11.6 Å². The van der Waals surface area contributed by atoms with E-state index < -0.39 is 5.79 Å². The van der Waals surface area contributed by atoms with Gasteiger partial charge in [0.15, 0.2) is 0 Å². The van der Waals surface area contributed by atoms with Crippen molar-refractivity contribution in [3.8, 4) is 0 Å². The largest absolute Gasteiger partial charge is 0.361 e. The summed E-state index contributed by atoms with van der Waals surface area (Å²) < 4.78 is 0. The van der Waals surface area contributed by atoms with Crippen LogP contribution < -0.4 is 0 Å². The van der Waals surface area contributed by atoms with Crippen LogP contribution in [0.15, 0.2) is 18.2 Å². The summed E-state index contributed by atoms with van der Waals surface area (Å²) in [5, 5.41) is 19.0. The number of hydrogen-bond acceptors (Lipinski definition) is 3. The fraction of sp³-hybridized carbons (Fsp3) is 0.222. The van der Waals surface area contributed by atoms with Gasteiger partial charge in [-0.25, -0.2) is 4.98 Å². The van der Waals surface area contributed by atoms with Crippen LogP contribution in [0.4, 0.5) is 0 Å². The molecule has 0 spiro atoms. The molecule has 3 N–H and O–H groups in total. The molecule has 2 aromatic heterocycles. The fourth-order valence-corrected chi connectivity index (χ4v) is 1.39. The third kappa shape index (κ3) is 1.59. The molecule has 4 nitrogen and oxygen atoms in total. The lowest BCUT2D eigenvalue weighted by Crippen LogP contribution is -2.19. The highest BCUT2D eigenvalue weighted by atomic mass is 35.5. The molecule has 14 heavy (non-hydrogen) atoms. The minimum atomic E-state index is -1.88. The number of aromatic nitrogens is 2. The molecule has 0 atom stereocenters. The Morgan fingerprint density at radius 1 is 1.43 bits per heavy atom. The summed E-state index contributed by atoms with van der Waals surface area (Å²) >= 11 is 5.69. The number of rotatable bonds is 1. The van der Waals surface area contributed by atoms with Crippen molar-refractivity contribution in [1.82, 2.24) is 9.97 Å². The first-order valence-electron chi connectivity index (χ1n) is 4.07. The van der Waals surface area contributed by atoms with Gasteiger partial charge in [-0.15, -0.1) is 0 Å². The number of H-pyrrole nitrogens is 1. The summed E-state index contributed by atoms with van der Waals surface area (Å²) in [6, 6.07) is 4.93. The quantitative estimate of drug-likeness (QED) is 0.494. The minimum Gasteiger partial charge on any atom is -0.361 e. The standard InChI is InChI=1S/C9H9ClN2O2/c1-9(13,14)7-4-6-5(11-7)2-3-8(10)12-6/h2-4,11,13-14H,1H3. The van der Waals surface area contributed by atoms with Gasteiger partial charge in [0.05, 0.1) is 16.7 Å². The topological polar surface area (TPSA) is 69.1 Å². The second-order valence-electron chi connectivity index (χ2n) is 3.27. The molecule has 0 saturated heterocycles. The van der Waals surface area contributed by atoms with Crippen molar-refractivity contribution in [2.24, 2.45) is 0 Å². The monoisotopic (exact) mass is 212 g/mol. The van der Waals surface area contributed by atoms with Gasteiger partial charge >= 0.3 is 0 Å². The number of fused-ring (bicyclic) bond motifs is 1. The van der Waals surface area contributed by atoms with Crippen molar-refractivity contribution >= 4 is 22.6 Å². The second-order valence-corrected chi connectivity index (χ2v) is 3.66. The lowest BCUT2D eigenvalue weighted by Gasteiger charge is -2.12. The van der Waals surface area contributed by atoms with Gasteiger partial charge in [0.2, 0.25) is 5.79 Å². The number of nitrogens with one attached hydrogen (secondary N) is 1. The Balaban J connectivity index is 2.63. The Morgan fingerprint density at radius 3 is 2.79 bits per heavy atom. The molecule has 0 saturated carbocycles. The van der Waals surface area contributed by atoms with E-state index in [1.807, 2.05) is 0 Å². The summed E-state index contributed by atoms with van der Waals surface area (Å²) in [7, 11) is 0. The van der Waals surface area contributed by atoms with E-state index in [2.05, 4.69) is 9.97 Å². The smallest absolute Gasteiger partial charge is 0.202 e. The number of hydrogen-bond donors (Lipinski definition) is 3. The van der Waals surface area contributed by atoms with Crippen molar-refractivity contribution < 1.29 is 10.2 Å². The van der Waals surface area contributed by atoms with Crippen LogP contribution in [0, 0.1) is 0 Å². The lowest BCUT2D eigenvalue weighted by atomic mass is 10.2. The lowest BCUT2D eigenvalue weighted by molar-refractivity contribution is -0.155. The first-order valence-corrected chi connectivity index (χ1v) is 4.45. The molecule has 0 bridgehead atoms. The summed E-state index contributed by atoms with van der Waals surface area (Å²) in [6.07, 6.45) is 0. The zero-order valence-corrected chi connectivity index (χ0v) is 8.21. The zero-order chi connectivity index (χ0) is 10.3. The van der Waals surface area contributed by atoms with E-state index >= 15 is 0 Å². The number of halogens is 1. The minimum absolute atomic E-state index is 0.294. The van der Waals surface area contributed by atoms with Crippen LogP contribution in [-0.4, -0.2) is 20.2 Å². The van der Waals surface area contributed by atoms with Gasteiger partial charge < -0.3 is 15.2 Å². The van der Waals surface area contributed by atoms with Crippen molar-refractivity contribution in [3.63, 3.8) is 0 Å². The van der Waals surface area contributed by atoms with Gasteiger partial charge in [-0.2, -0.15) is 0 Å². The van der Waals surface area contributed by atoms with Crippen molar-refractivity contribution in [3.05, 3.63) is 29.0 Å². The average molecular weight is 213 g/mol. The predicted octanol–water partition coefficient (Wildman–Crippen LogP) is 1.37. The maximum absolute atomic E-state index is 9.32. The maximum atomic E-state index is 9.32. The van der Waals surface area contributed by atoms with E-state index in [1.165, 1.54) is 6.92 Å². The van der Waals surface area contributed by atoms with Gasteiger partial charge in [0.25, 0.3) is 0 Å². The molecular formula is C9H9ClN2O2. The average Bonchev–Trinajstić information content (AvgIpc) is 2.45. The maximum Gasteiger partial charge on any atom is 0.202 e. The Bertz CT molecular complexity index is 473. The van der Waals surface area contributed by atoms with Crippen LogP contribution in [0.3, 0.4) is 0 Å². The van der Waals surface area contributed by atoms with Crippen LogP contribution in [0.25, 0.3) is 11.0 Å². The molecule has 2 aromatic rings. The molecule has 0 aliphatic carbocycles. The Morgan fingerprint density at radius 2 is 2.14 bits per heavy atom. The van der Waals surface area contributed by atoms with E-state index in [-0.39, 0.29) is 0 Å². The fourth-order valence-electron chi connectivity index (χ4n) is 1.24. The number of nitrogens with zero attached hydrogens (tertiary/aromatic N) is 1. The summed E-state index contributed by atoms with van der Waals surface area (Å²) in [6.45, 7) is 1.28. The normalized spacial score (nSPS) is 12.3. The van der Waals surface area contributed by atoms with Gasteiger partial charge in [-0.05, 0) is 25.1 Å². The van der Waals surface area contributed by atoms with Crippen LogP contribution in [-0.2, 0) is 5.79 Å². The third-order valence-electron chi connectivity index (χ3n) is 1.95. The Kier molecular flexibility index (Phi) is 1.99. The molecule has 0 fully saturated rings. The summed E-state index contributed by atoms with van der Waals surface area (Å²) in [4.78, 5) is 6.86. The van der Waals surface area contributed by atoms with Gasteiger partial charge in [0.1, 0.15) is 5.15 Å². The molecule has 2 heterocycles. The number of aliphatic hydroxyl groups is 2. The molecule has 5 heteroatoms. The summed E-state index contributed by atoms with van der Waals surface area (Å²) in [5.74, 6) is -1.88. The number of aromatic amines is 1. The second kappa shape index (κ2) is 2.95. The SMILES string of the molecule is CC(O)(O)c1cc2nc(Cl)ccc2[nH]1. The molecule has 74 valence electrons. The number of pyridine rings is 1. The van der Waals surface area contributed by atoms with Crippen molar-refractivity contribution in [2.45, 2.75) is 12.7 Å². The molecular weight excluding hydrogens is 204 g/mol. The van der Waals surface area contributed by atoms with Gasteiger partial charge in [-0.3, -0.25) is 0 Å². The van der Waals surface area contributed by atoms with Crippen molar-refractivity contribution in [1.29, 1.82) is 0 Å². The molecule has 0 radical (unpaired) electrons.